The summed E-state index contributed by atoms with van der Waals surface area (Å²) in [5.41, 5.74) is 0. The van der Waals surface area contributed by atoms with Crippen LogP contribution in [0, 0.1) is 47.9 Å². The van der Waals surface area contributed by atoms with E-state index in [2.05, 4.69) is 81.4 Å². The molecule has 0 N–H and O–H groups in total. The number of hydrogen-bond acceptors (Lipinski definition) is 3. The Morgan fingerprint density at radius 1 is 1.03 bits per heavy atom. The molecule has 4 heteroatoms. The third kappa shape index (κ3) is 15.2. The number of terminal acetylenes is 1. The number of esters is 1. The highest BCUT2D eigenvalue weighted by atomic mass is 28.4. The van der Waals surface area contributed by atoms with Gasteiger partial charge in [-0.2, -0.15) is 0 Å². The summed E-state index contributed by atoms with van der Waals surface area (Å²) in [6, 6.07) is 0. The van der Waals surface area contributed by atoms with Crippen LogP contribution < -0.4 is 0 Å². The van der Waals surface area contributed by atoms with E-state index in [4.69, 9.17) is 15.6 Å². The van der Waals surface area contributed by atoms with Crippen LogP contribution in [-0.4, -0.2) is 26.5 Å². The van der Waals surface area contributed by atoms with Gasteiger partial charge in [-0.15, -0.1) is 6.42 Å². The number of carbonyl (C=O) groups excluding carboxylic acids is 1. The molecule has 0 spiro atoms. The van der Waals surface area contributed by atoms with E-state index in [9.17, 15) is 4.79 Å². The Kier molecular flexibility index (Phi) is 15.9. The van der Waals surface area contributed by atoms with Crippen molar-refractivity contribution in [2.24, 2.45) is 0 Å². The molecule has 0 radical (unpaired) electrons. The van der Waals surface area contributed by atoms with Crippen LogP contribution in [0.2, 0.25) is 18.1 Å². The molecule has 0 fully saturated rings. The third-order valence-corrected chi connectivity index (χ3v) is 10.1. The van der Waals surface area contributed by atoms with Crippen LogP contribution in [0.25, 0.3) is 0 Å². The molecule has 2 atom stereocenters. The van der Waals surface area contributed by atoms with Crippen LogP contribution in [0.4, 0.5) is 0 Å². The van der Waals surface area contributed by atoms with E-state index in [0.717, 1.165) is 38.5 Å². The van der Waals surface area contributed by atoms with Crippen LogP contribution in [0.5, 0.6) is 0 Å². The van der Waals surface area contributed by atoms with E-state index < -0.39 is 8.32 Å². The van der Waals surface area contributed by atoms with Crippen LogP contribution in [0.1, 0.15) is 86.0 Å². The fraction of sp³-hybridized carbons (Fsp3) is 0.621. The molecule has 0 aliphatic heterocycles. The second-order valence-electron chi connectivity index (χ2n) is 9.48. The van der Waals surface area contributed by atoms with Crippen molar-refractivity contribution in [2.75, 3.05) is 0 Å². The van der Waals surface area contributed by atoms with E-state index in [0.29, 0.717) is 12.8 Å². The highest BCUT2D eigenvalue weighted by Gasteiger charge is 2.38. The molecule has 3 nitrogen and oxygen atoms in total. The lowest BCUT2D eigenvalue weighted by Gasteiger charge is -2.37. The van der Waals surface area contributed by atoms with Crippen molar-refractivity contribution in [1.82, 2.24) is 0 Å². The van der Waals surface area contributed by atoms with Gasteiger partial charge >= 0.3 is 5.97 Å². The van der Waals surface area contributed by atoms with Gasteiger partial charge in [-0.1, -0.05) is 64.9 Å². The highest BCUT2D eigenvalue weighted by Crippen LogP contribution is 2.37. The summed E-state index contributed by atoms with van der Waals surface area (Å²) in [5, 5.41) is 0.123. The number of ether oxygens (including phenoxy) is 1. The van der Waals surface area contributed by atoms with Crippen molar-refractivity contribution in [3.05, 3.63) is 12.2 Å². The Labute approximate surface area is 204 Å². The minimum atomic E-state index is -1.91. The maximum Gasteiger partial charge on any atom is 0.307 e. The first-order chi connectivity index (χ1) is 15.6. The van der Waals surface area contributed by atoms with Crippen molar-refractivity contribution >= 4 is 14.3 Å². The van der Waals surface area contributed by atoms with Gasteiger partial charge in [0.15, 0.2) is 14.4 Å². The molecule has 0 aromatic carbocycles. The fourth-order valence-corrected chi connectivity index (χ4v) is 3.74. The van der Waals surface area contributed by atoms with E-state index >= 15 is 0 Å². The predicted octanol–water partition coefficient (Wildman–Crippen LogP) is 6.65. The minimum Gasteiger partial charge on any atom is -0.449 e. The Morgan fingerprint density at radius 3 is 2.30 bits per heavy atom. The van der Waals surface area contributed by atoms with Crippen molar-refractivity contribution in [3.63, 3.8) is 0 Å². The average Bonchev–Trinajstić information content (AvgIpc) is 2.74. The lowest BCUT2D eigenvalue weighted by molar-refractivity contribution is -0.146. The summed E-state index contributed by atoms with van der Waals surface area (Å²) in [7, 11) is -1.91. The molecule has 0 aliphatic rings. The number of rotatable bonds is 13. The molecule has 0 saturated carbocycles. The Morgan fingerprint density at radius 2 is 1.70 bits per heavy atom. The van der Waals surface area contributed by atoms with Crippen molar-refractivity contribution in [1.29, 1.82) is 0 Å². The summed E-state index contributed by atoms with van der Waals surface area (Å²) in [5.74, 6) is 18.9. The molecule has 0 unspecified atom stereocenters. The molecular weight excluding hydrogens is 424 g/mol. The Hall–Kier alpha value is -2.37. The van der Waals surface area contributed by atoms with E-state index in [1.54, 1.807) is 6.92 Å². The van der Waals surface area contributed by atoms with E-state index in [1.165, 1.54) is 0 Å². The number of unbranched alkanes of at least 4 members (excludes halogenated alkanes) is 5. The first-order valence-electron chi connectivity index (χ1n) is 12.0. The second kappa shape index (κ2) is 17.1. The zero-order chi connectivity index (χ0) is 25.2. The molecule has 0 heterocycles. The van der Waals surface area contributed by atoms with Gasteiger partial charge in [0.25, 0.3) is 0 Å². The largest absolute Gasteiger partial charge is 0.449 e. The van der Waals surface area contributed by atoms with Gasteiger partial charge in [-0.3, -0.25) is 4.79 Å². The molecule has 0 aromatic rings. The topological polar surface area (TPSA) is 35.5 Å². The molecule has 0 aliphatic carbocycles. The van der Waals surface area contributed by atoms with Crippen molar-refractivity contribution in [3.8, 4) is 47.9 Å². The van der Waals surface area contributed by atoms with Gasteiger partial charge in [0.2, 0.25) is 0 Å². The minimum absolute atomic E-state index is 0.123. The van der Waals surface area contributed by atoms with Gasteiger partial charge in [0, 0.05) is 6.42 Å². The number of hydrogen-bond donors (Lipinski definition) is 0. The molecule has 0 amide bonds. The quantitative estimate of drug-likeness (QED) is 0.100. The average molecular weight is 467 g/mol. The molecule has 0 bridgehead atoms. The summed E-state index contributed by atoms with van der Waals surface area (Å²) in [6.45, 7) is 14.8. The molecular formula is C29H42O3Si. The van der Waals surface area contributed by atoms with Crippen LogP contribution in [0.3, 0.4) is 0 Å². The van der Waals surface area contributed by atoms with Gasteiger partial charge in [0.1, 0.15) is 6.10 Å². The van der Waals surface area contributed by atoms with Crippen molar-refractivity contribution < 1.29 is 14.0 Å². The summed E-state index contributed by atoms with van der Waals surface area (Å²) in [4.78, 5) is 12.0. The van der Waals surface area contributed by atoms with E-state index in [1.807, 2.05) is 13.0 Å². The van der Waals surface area contributed by atoms with Crippen LogP contribution in [0.15, 0.2) is 12.2 Å². The zero-order valence-corrected chi connectivity index (χ0v) is 22.8. The zero-order valence-electron chi connectivity index (χ0n) is 21.8. The predicted molar refractivity (Wildman–Crippen MR) is 142 cm³/mol. The Balaban J connectivity index is 4.22. The lowest BCUT2D eigenvalue weighted by atomic mass is 10.1. The second-order valence-corrected chi connectivity index (χ2v) is 14.2. The maximum atomic E-state index is 12.0. The highest BCUT2D eigenvalue weighted by molar-refractivity contribution is 6.74. The molecule has 0 rings (SSSR count). The standard InChI is InChI=1S/C29H42O3Si/c1-9-12-19-23-26(11-3)31-28(30)25-21-18-16-14-15-17-20-24-27(22-13-10-2)32-33(7,8)29(4,5)6/h2,20,24,26-27H,11,14-18,21,25H2,1,3-8H3/b24-20-/t26-,27+/m0/s1. The first kappa shape index (κ1) is 30.6. The van der Waals surface area contributed by atoms with Gasteiger partial charge in [-0.05, 0) is 86.4 Å². The normalized spacial score (nSPS) is 12.8. The first-order valence-corrected chi connectivity index (χ1v) is 14.9. The Bertz CT molecular complexity index is 835. The number of carbonyl (C=O) groups is 1. The van der Waals surface area contributed by atoms with Crippen LogP contribution in [-0.2, 0) is 14.0 Å². The number of allylic oxidation sites excluding steroid dienone is 1. The molecule has 0 saturated heterocycles. The lowest BCUT2D eigenvalue weighted by Crippen LogP contribution is -2.43. The smallest absolute Gasteiger partial charge is 0.307 e. The monoisotopic (exact) mass is 466 g/mol. The summed E-state index contributed by atoms with van der Waals surface area (Å²) in [6.07, 6.45) is 16.2. The summed E-state index contributed by atoms with van der Waals surface area (Å²) >= 11 is 0. The molecule has 0 aromatic heterocycles. The summed E-state index contributed by atoms with van der Waals surface area (Å²) < 4.78 is 11.8. The maximum absolute atomic E-state index is 12.0. The third-order valence-electron chi connectivity index (χ3n) is 5.64. The van der Waals surface area contributed by atoms with Crippen molar-refractivity contribution in [2.45, 2.75) is 116 Å². The van der Waals surface area contributed by atoms with Gasteiger partial charge in [-0.25, -0.2) is 0 Å². The SMILES string of the molecule is C#CC#C[C@H](/C=C\CCCCCCCC(=O)O[C@H](C#CC#CC)CC)O[Si](C)(C)C(C)(C)C. The molecule has 33 heavy (non-hydrogen) atoms. The van der Waals surface area contributed by atoms with Crippen LogP contribution >= 0.6 is 0 Å². The van der Waals surface area contributed by atoms with Gasteiger partial charge < -0.3 is 9.16 Å². The fourth-order valence-electron chi connectivity index (χ4n) is 2.62. The molecule has 180 valence electrons. The van der Waals surface area contributed by atoms with Gasteiger partial charge in [0.05, 0.1) is 0 Å². The van der Waals surface area contributed by atoms with E-state index in [-0.39, 0.29) is 23.2 Å².